The zero-order valence-electron chi connectivity index (χ0n) is 13.0. The predicted molar refractivity (Wildman–Crippen MR) is 87.5 cm³/mol. The van der Waals surface area contributed by atoms with Crippen LogP contribution in [-0.4, -0.2) is 33.2 Å². The Hall–Kier alpha value is -2.42. The van der Waals surface area contributed by atoms with Crippen LogP contribution in [0.2, 0.25) is 0 Å². The highest BCUT2D eigenvalue weighted by Gasteiger charge is 2.05. The fraction of sp³-hybridized carbons (Fsp3) is 0.222. The molecule has 0 aliphatic rings. The van der Waals surface area contributed by atoms with Crippen molar-refractivity contribution in [1.82, 2.24) is 4.90 Å². The van der Waals surface area contributed by atoms with E-state index in [9.17, 15) is 0 Å². The second-order valence-electron chi connectivity index (χ2n) is 4.93. The van der Waals surface area contributed by atoms with E-state index in [1.54, 1.807) is 14.2 Å². The van der Waals surface area contributed by atoms with Crippen molar-refractivity contribution in [3.05, 3.63) is 59.7 Å². The van der Waals surface area contributed by atoms with E-state index in [0.717, 1.165) is 28.3 Å². The number of rotatable bonds is 5. The first-order chi connectivity index (χ1) is 10.1. The van der Waals surface area contributed by atoms with Crippen molar-refractivity contribution in [3.8, 4) is 11.5 Å². The lowest BCUT2D eigenvalue weighted by Gasteiger charge is -2.18. The van der Waals surface area contributed by atoms with Gasteiger partial charge in [-0.25, -0.2) is 0 Å². The van der Waals surface area contributed by atoms with Gasteiger partial charge in [0, 0.05) is 19.8 Å². The van der Waals surface area contributed by atoms with Gasteiger partial charge in [-0.3, -0.25) is 0 Å². The summed E-state index contributed by atoms with van der Waals surface area (Å²) in [5.41, 5.74) is 3.43. The van der Waals surface area contributed by atoms with E-state index in [0.29, 0.717) is 0 Å². The minimum absolute atomic E-state index is 0.862. The average Bonchev–Trinajstić information content (AvgIpc) is 2.53. The number of benzene rings is 2. The van der Waals surface area contributed by atoms with Gasteiger partial charge in [-0.15, -0.1) is 0 Å². The van der Waals surface area contributed by atoms with Gasteiger partial charge in [0.1, 0.15) is 11.5 Å². The second-order valence-corrected chi connectivity index (χ2v) is 4.93. The van der Waals surface area contributed by atoms with Crippen LogP contribution in [0.25, 0.3) is 11.8 Å². The van der Waals surface area contributed by atoms with Gasteiger partial charge in [0.25, 0.3) is 0 Å². The number of ether oxygens (including phenoxy) is 2. The van der Waals surface area contributed by atoms with Gasteiger partial charge < -0.3 is 14.4 Å². The van der Waals surface area contributed by atoms with Crippen molar-refractivity contribution in [2.75, 3.05) is 28.3 Å². The highest BCUT2D eigenvalue weighted by Crippen LogP contribution is 2.23. The van der Waals surface area contributed by atoms with E-state index in [-0.39, 0.29) is 0 Å². The molecule has 2 aromatic carbocycles. The molecular weight excluding hydrogens is 262 g/mol. The van der Waals surface area contributed by atoms with Gasteiger partial charge in [0.2, 0.25) is 0 Å². The molecule has 21 heavy (non-hydrogen) atoms. The number of hydrogen-bond donors (Lipinski definition) is 0. The lowest BCUT2D eigenvalue weighted by Crippen LogP contribution is -2.09. The second kappa shape index (κ2) is 6.84. The van der Waals surface area contributed by atoms with Crippen LogP contribution in [-0.2, 0) is 0 Å². The fourth-order valence-electron chi connectivity index (χ4n) is 2.09. The first-order valence-corrected chi connectivity index (χ1v) is 6.81. The van der Waals surface area contributed by atoms with Crippen molar-refractivity contribution < 1.29 is 9.47 Å². The SMILES string of the molecule is COc1ccc(/C=C(/c2ccc(OC)cc2)N(C)C)cc1. The largest absolute Gasteiger partial charge is 0.497 e. The minimum Gasteiger partial charge on any atom is -0.497 e. The Labute approximate surface area is 126 Å². The van der Waals surface area contributed by atoms with Crippen molar-refractivity contribution >= 4 is 11.8 Å². The number of methoxy groups -OCH3 is 2. The van der Waals surface area contributed by atoms with Crippen LogP contribution in [0.1, 0.15) is 11.1 Å². The molecule has 0 spiro atoms. The van der Waals surface area contributed by atoms with Crippen molar-refractivity contribution in [1.29, 1.82) is 0 Å². The molecule has 0 fully saturated rings. The smallest absolute Gasteiger partial charge is 0.118 e. The topological polar surface area (TPSA) is 21.7 Å². The van der Waals surface area contributed by atoms with E-state index < -0.39 is 0 Å². The van der Waals surface area contributed by atoms with E-state index >= 15 is 0 Å². The molecule has 0 aromatic heterocycles. The van der Waals surface area contributed by atoms with Crippen LogP contribution in [0, 0.1) is 0 Å². The van der Waals surface area contributed by atoms with Gasteiger partial charge in [-0.1, -0.05) is 12.1 Å². The molecule has 0 saturated heterocycles. The molecule has 0 amide bonds. The monoisotopic (exact) mass is 283 g/mol. The van der Waals surface area contributed by atoms with Gasteiger partial charge in [0.15, 0.2) is 0 Å². The van der Waals surface area contributed by atoms with Crippen LogP contribution < -0.4 is 9.47 Å². The van der Waals surface area contributed by atoms with Gasteiger partial charge in [-0.05, 0) is 53.6 Å². The average molecular weight is 283 g/mol. The molecule has 3 heteroatoms. The summed E-state index contributed by atoms with van der Waals surface area (Å²) in [7, 11) is 7.43. The van der Waals surface area contributed by atoms with Crippen molar-refractivity contribution in [2.45, 2.75) is 0 Å². The van der Waals surface area contributed by atoms with Gasteiger partial charge >= 0.3 is 0 Å². The van der Waals surface area contributed by atoms with Gasteiger partial charge in [0.05, 0.1) is 14.2 Å². The molecule has 0 atom stereocenters. The highest BCUT2D eigenvalue weighted by atomic mass is 16.5. The number of hydrogen-bond acceptors (Lipinski definition) is 3. The summed E-state index contributed by atoms with van der Waals surface area (Å²) in [6.07, 6.45) is 2.15. The predicted octanol–water partition coefficient (Wildman–Crippen LogP) is 3.76. The van der Waals surface area contributed by atoms with Crippen LogP contribution in [0.3, 0.4) is 0 Å². The molecule has 2 aromatic rings. The zero-order chi connectivity index (χ0) is 15.2. The Kier molecular flexibility index (Phi) is 4.88. The zero-order valence-corrected chi connectivity index (χ0v) is 13.0. The summed E-state index contributed by atoms with van der Waals surface area (Å²) in [5, 5.41) is 0. The standard InChI is InChI=1S/C18H21NO2/c1-19(2)18(15-7-11-17(21-4)12-8-15)13-14-5-9-16(20-3)10-6-14/h5-13H,1-4H3/b18-13-. The first-order valence-electron chi connectivity index (χ1n) is 6.81. The maximum absolute atomic E-state index is 5.21. The Bertz CT molecular complexity index is 598. The number of nitrogens with zero attached hydrogens (tertiary/aromatic N) is 1. The Morgan fingerprint density at radius 1 is 0.810 bits per heavy atom. The maximum atomic E-state index is 5.21. The van der Waals surface area contributed by atoms with E-state index in [1.165, 1.54) is 0 Å². The minimum atomic E-state index is 0.862. The van der Waals surface area contributed by atoms with Crippen molar-refractivity contribution in [3.63, 3.8) is 0 Å². The van der Waals surface area contributed by atoms with Crippen LogP contribution in [0.5, 0.6) is 11.5 Å². The maximum Gasteiger partial charge on any atom is 0.118 e. The fourth-order valence-corrected chi connectivity index (χ4v) is 2.09. The molecule has 0 bridgehead atoms. The van der Waals surface area contributed by atoms with Crippen LogP contribution in [0.15, 0.2) is 48.5 Å². The lowest BCUT2D eigenvalue weighted by molar-refractivity contribution is 0.414. The molecule has 0 N–H and O–H groups in total. The van der Waals surface area contributed by atoms with Crippen LogP contribution >= 0.6 is 0 Å². The summed E-state index contributed by atoms with van der Waals surface area (Å²) in [6.45, 7) is 0. The molecule has 0 saturated carbocycles. The molecule has 0 aliphatic carbocycles. The van der Waals surface area contributed by atoms with E-state index in [2.05, 4.69) is 23.1 Å². The van der Waals surface area contributed by atoms with Crippen LogP contribution in [0.4, 0.5) is 0 Å². The molecule has 0 radical (unpaired) electrons. The summed E-state index contributed by atoms with van der Waals surface area (Å²) in [5.74, 6) is 1.73. The molecule has 2 rings (SSSR count). The molecule has 0 unspecified atom stereocenters. The van der Waals surface area contributed by atoms with E-state index in [4.69, 9.17) is 9.47 Å². The Morgan fingerprint density at radius 2 is 1.29 bits per heavy atom. The molecule has 110 valence electrons. The molecule has 3 nitrogen and oxygen atoms in total. The summed E-state index contributed by atoms with van der Waals surface area (Å²) < 4.78 is 10.4. The lowest BCUT2D eigenvalue weighted by atomic mass is 10.1. The van der Waals surface area contributed by atoms with E-state index in [1.807, 2.05) is 50.5 Å². The van der Waals surface area contributed by atoms with Crippen molar-refractivity contribution in [2.24, 2.45) is 0 Å². The quantitative estimate of drug-likeness (QED) is 0.780. The van der Waals surface area contributed by atoms with Gasteiger partial charge in [-0.2, -0.15) is 0 Å². The third-order valence-electron chi connectivity index (χ3n) is 3.29. The highest BCUT2D eigenvalue weighted by molar-refractivity contribution is 5.80. The Morgan fingerprint density at radius 3 is 1.71 bits per heavy atom. The Balaban J connectivity index is 2.34. The third kappa shape index (κ3) is 3.78. The summed E-state index contributed by atoms with van der Waals surface area (Å²) in [6, 6.07) is 16.1. The third-order valence-corrected chi connectivity index (χ3v) is 3.29. The summed E-state index contributed by atoms with van der Waals surface area (Å²) >= 11 is 0. The molecular formula is C18H21NO2. The first kappa shape index (κ1) is 15.0. The molecule has 0 aliphatic heterocycles. The summed E-state index contributed by atoms with van der Waals surface area (Å²) in [4.78, 5) is 2.10. The molecule has 0 heterocycles. The normalized spacial score (nSPS) is 11.1.